The summed E-state index contributed by atoms with van der Waals surface area (Å²) in [5.41, 5.74) is 1.31. The third kappa shape index (κ3) is 14.1. The van der Waals surface area contributed by atoms with Crippen molar-refractivity contribution >= 4 is 160 Å². The number of anilines is 2. The molecule has 0 saturated heterocycles. The number of phenols is 1. The van der Waals surface area contributed by atoms with Crippen molar-refractivity contribution in [3.8, 4) is 23.0 Å². The first-order valence-corrected chi connectivity index (χ1v) is 25.7. The van der Waals surface area contributed by atoms with Gasteiger partial charge < -0.3 is 34.9 Å². The molecule has 8 aromatic carbocycles. The molecule has 8 aromatic rings. The SMILES string of the molecule is CCOc1ccc(NC(=O)c2cc3ccccc3c(N=Nc3cc(C)cc(S(=O)(=O)O)c3Cl)c2O)cc1.CCOc1ccc(NC(=O)c2cc3ccccc3c(N=Nc3cc(C)cc(S(=O)(=O)[O-])c3Cl)c2[O-])cc1.[Ba+2]. The topological polar surface area (TPSA) is 281 Å². The molecule has 0 saturated carbocycles. The largest absolute Gasteiger partial charge is 2.00 e. The number of nitrogens with one attached hydrogen (secondary N) is 2. The van der Waals surface area contributed by atoms with Gasteiger partial charge in [-0.05, 0) is 135 Å². The van der Waals surface area contributed by atoms with Gasteiger partial charge in [0.05, 0.1) is 39.4 Å². The molecule has 0 aromatic heterocycles. The van der Waals surface area contributed by atoms with E-state index >= 15 is 0 Å². The van der Waals surface area contributed by atoms with E-state index in [2.05, 4.69) is 31.1 Å². The Morgan fingerprint density at radius 3 is 1.48 bits per heavy atom. The Morgan fingerprint density at radius 1 is 0.600 bits per heavy atom. The zero-order valence-electron chi connectivity index (χ0n) is 40.2. The van der Waals surface area contributed by atoms with Crippen molar-refractivity contribution in [1.29, 1.82) is 0 Å². The number of halogens is 2. The second kappa shape index (κ2) is 25.0. The standard InChI is InChI=1S/2C26H22ClN3O6S.Ba/c2*1-3-36-18-10-8-17(9-11-18)28-26(32)20-14-16-6-4-5-7-19(16)24(25(20)31)30-29-21-12-15(2)13-22(23(21)27)37(33,34)35;/h2*4-14,31H,3H2,1-2H3,(H,28,32)(H,33,34,35);/q;;+2/p-2. The molecule has 0 radical (unpaired) electrons. The molecule has 0 aliphatic rings. The van der Waals surface area contributed by atoms with E-state index in [-0.39, 0.29) is 87.8 Å². The number of rotatable bonds is 14. The Kier molecular flexibility index (Phi) is 19.3. The van der Waals surface area contributed by atoms with Crippen LogP contribution in [0.1, 0.15) is 45.7 Å². The number of ether oxygens (including phenoxy) is 2. The fraction of sp³-hybridized carbons (Fsp3) is 0.115. The van der Waals surface area contributed by atoms with Gasteiger partial charge in [-0.15, -0.1) is 15.3 Å². The first-order chi connectivity index (χ1) is 35.2. The number of benzene rings is 8. The number of amides is 2. The predicted octanol–water partition coefficient (Wildman–Crippen LogP) is 12.3. The van der Waals surface area contributed by atoms with Gasteiger partial charge in [0.1, 0.15) is 43.6 Å². The number of hydrogen-bond acceptors (Lipinski definition) is 15. The molecule has 75 heavy (non-hydrogen) atoms. The Morgan fingerprint density at radius 2 is 1.01 bits per heavy atom. The minimum atomic E-state index is -4.86. The number of fused-ring (bicyclic) bond motifs is 2. The van der Waals surface area contributed by atoms with Gasteiger partial charge in [-0.1, -0.05) is 77.5 Å². The average Bonchev–Trinajstić information content (AvgIpc) is 3.35. The molecule has 8 rings (SSSR count). The van der Waals surface area contributed by atoms with Crippen LogP contribution in [0.5, 0.6) is 23.0 Å². The van der Waals surface area contributed by atoms with Crippen LogP contribution in [0.2, 0.25) is 10.0 Å². The van der Waals surface area contributed by atoms with E-state index in [1.165, 1.54) is 30.3 Å². The molecule has 2 amide bonds. The van der Waals surface area contributed by atoms with Gasteiger partial charge in [-0.3, -0.25) is 14.1 Å². The molecule has 18 nitrogen and oxygen atoms in total. The van der Waals surface area contributed by atoms with Crippen LogP contribution in [0.4, 0.5) is 34.1 Å². The van der Waals surface area contributed by atoms with E-state index in [9.17, 15) is 45.7 Å². The van der Waals surface area contributed by atoms with Crippen LogP contribution in [-0.4, -0.2) is 105 Å². The monoisotopic (exact) mass is 1210 g/mol. The fourth-order valence-electron chi connectivity index (χ4n) is 7.33. The minimum absolute atomic E-state index is 0. The van der Waals surface area contributed by atoms with E-state index in [1.54, 1.807) is 111 Å². The number of hydrogen-bond donors (Lipinski definition) is 4. The van der Waals surface area contributed by atoms with Crippen molar-refractivity contribution in [3.63, 3.8) is 0 Å². The molecule has 0 spiro atoms. The normalized spacial score (nSPS) is 11.5. The quantitative estimate of drug-likeness (QED) is 0.0449. The molecule has 380 valence electrons. The molecular formula is C52H42BaCl2N6O12S2. The van der Waals surface area contributed by atoms with Crippen LogP contribution in [0.3, 0.4) is 0 Å². The molecule has 0 aliphatic heterocycles. The fourth-order valence-corrected chi connectivity index (χ4v) is 9.52. The number of phenolic OH excluding ortho intramolecular Hbond substituents is 1. The van der Waals surface area contributed by atoms with E-state index in [1.807, 2.05) is 13.8 Å². The summed E-state index contributed by atoms with van der Waals surface area (Å²) in [6.45, 7) is 7.90. The van der Waals surface area contributed by atoms with Crippen molar-refractivity contribution < 1.29 is 55.2 Å². The van der Waals surface area contributed by atoms with Crippen LogP contribution in [0, 0.1) is 13.8 Å². The van der Waals surface area contributed by atoms with Crippen molar-refractivity contribution in [1.82, 2.24) is 0 Å². The number of azo groups is 2. The second-order valence-corrected chi connectivity index (χ2v) is 19.5. The Bertz CT molecular complexity index is 3530. The molecule has 0 unspecified atom stereocenters. The summed E-state index contributed by atoms with van der Waals surface area (Å²) in [6, 6.07) is 35.4. The summed E-state index contributed by atoms with van der Waals surface area (Å²) in [5, 5.41) is 47.3. The number of carbonyl (C=O) groups excluding carboxylic acids is 2. The summed E-state index contributed by atoms with van der Waals surface area (Å²) < 4.78 is 78.4. The van der Waals surface area contributed by atoms with Crippen LogP contribution >= 0.6 is 23.2 Å². The molecule has 4 N–H and O–H groups in total. The smallest absolute Gasteiger partial charge is 0.870 e. The Balaban J connectivity index is 0.000000241. The van der Waals surface area contributed by atoms with Gasteiger partial charge in [0.25, 0.3) is 21.9 Å². The number of aryl methyl sites for hydroxylation is 2. The molecule has 0 bridgehead atoms. The summed E-state index contributed by atoms with van der Waals surface area (Å²) in [6.07, 6.45) is 0. The van der Waals surface area contributed by atoms with Gasteiger partial charge in [0.2, 0.25) is 0 Å². The maximum Gasteiger partial charge on any atom is 2.00 e. The average molecular weight is 1220 g/mol. The summed E-state index contributed by atoms with van der Waals surface area (Å²) in [5.74, 6) is -1.04. The summed E-state index contributed by atoms with van der Waals surface area (Å²) >= 11 is 12.3. The van der Waals surface area contributed by atoms with Crippen LogP contribution in [0.25, 0.3) is 21.5 Å². The molecule has 0 aliphatic carbocycles. The zero-order valence-corrected chi connectivity index (χ0v) is 47.7. The third-order valence-corrected chi connectivity index (χ3v) is 13.5. The second-order valence-electron chi connectivity index (χ2n) is 16.0. The van der Waals surface area contributed by atoms with E-state index in [4.69, 9.17) is 32.7 Å². The molecular weight excluding hydrogens is 1170 g/mol. The zero-order chi connectivity index (χ0) is 53.5. The minimum Gasteiger partial charge on any atom is -0.870 e. The summed E-state index contributed by atoms with van der Waals surface area (Å²) in [7, 11) is -9.47. The number of aromatic hydroxyl groups is 1. The Labute approximate surface area is 481 Å². The van der Waals surface area contributed by atoms with Crippen molar-refractivity contribution in [2.24, 2.45) is 20.5 Å². The maximum absolute atomic E-state index is 13.3. The van der Waals surface area contributed by atoms with Crippen molar-refractivity contribution in [2.75, 3.05) is 23.8 Å². The number of nitrogens with zero attached hydrogens (tertiary/aromatic N) is 4. The van der Waals surface area contributed by atoms with E-state index in [0.717, 1.165) is 6.07 Å². The Hall–Kier alpha value is -6.41. The summed E-state index contributed by atoms with van der Waals surface area (Å²) in [4.78, 5) is 25.0. The van der Waals surface area contributed by atoms with E-state index < -0.39 is 58.4 Å². The van der Waals surface area contributed by atoms with Gasteiger partial charge in [0, 0.05) is 27.7 Å². The van der Waals surface area contributed by atoms with Gasteiger partial charge in [-0.2, -0.15) is 13.5 Å². The maximum atomic E-state index is 13.3. The molecule has 23 heteroatoms. The van der Waals surface area contributed by atoms with Crippen LogP contribution in [-0.2, 0) is 20.2 Å². The third-order valence-electron chi connectivity index (χ3n) is 10.7. The number of carbonyl (C=O) groups is 2. The first kappa shape index (κ1) is 57.9. The van der Waals surface area contributed by atoms with Gasteiger partial charge in [0.15, 0.2) is 5.75 Å². The van der Waals surface area contributed by atoms with Crippen LogP contribution in [0.15, 0.2) is 164 Å². The van der Waals surface area contributed by atoms with Gasteiger partial charge >= 0.3 is 48.9 Å². The van der Waals surface area contributed by atoms with Gasteiger partial charge in [-0.25, -0.2) is 8.42 Å². The van der Waals surface area contributed by atoms with Crippen molar-refractivity contribution in [2.45, 2.75) is 37.5 Å². The van der Waals surface area contributed by atoms with Crippen LogP contribution < -0.4 is 25.2 Å². The molecule has 0 atom stereocenters. The first-order valence-electron chi connectivity index (χ1n) is 22.1. The van der Waals surface area contributed by atoms with E-state index in [0.29, 0.717) is 68.8 Å². The molecule has 0 heterocycles. The van der Waals surface area contributed by atoms with Crippen molar-refractivity contribution in [3.05, 3.63) is 166 Å². The molecule has 0 fully saturated rings. The predicted molar refractivity (Wildman–Crippen MR) is 284 cm³/mol.